The van der Waals surface area contributed by atoms with Gasteiger partial charge in [-0.05, 0) is 32.4 Å². The number of aromatic nitrogens is 2. The molecule has 1 aromatic carbocycles. The highest BCUT2D eigenvalue weighted by Gasteiger charge is 2.26. The average Bonchev–Trinajstić information content (AvgIpc) is 3.10. The Morgan fingerprint density at radius 3 is 2.88 bits per heavy atom. The molecule has 1 unspecified atom stereocenters. The van der Waals surface area contributed by atoms with Crippen molar-refractivity contribution in [3.63, 3.8) is 0 Å². The maximum atomic E-state index is 9.13. The molecule has 1 atom stereocenters. The van der Waals surface area contributed by atoms with Crippen molar-refractivity contribution in [1.82, 2.24) is 14.7 Å². The number of aryl methyl sites for hydroxylation is 1. The van der Waals surface area contributed by atoms with E-state index < -0.39 is 0 Å². The number of halogens is 1. The van der Waals surface area contributed by atoms with Gasteiger partial charge in [0.2, 0.25) is 0 Å². The lowest BCUT2D eigenvalue weighted by Gasteiger charge is -2.17. The molecule has 24 heavy (non-hydrogen) atoms. The summed E-state index contributed by atoms with van der Waals surface area (Å²) in [5.41, 5.74) is 3.43. The Hall–Kier alpha value is -1.56. The number of hydrogen-bond donors (Lipinski definition) is 1. The molecule has 1 N–H and O–H groups in total. The third-order valence-electron chi connectivity index (χ3n) is 4.58. The minimum Gasteiger partial charge on any atom is -0.487 e. The Bertz CT molecular complexity index is 702. The van der Waals surface area contributed by atoms with Crippen LogP contribution in [0.2, 0.25) is 5.02 Å². The third-order valence-corrected chi connectivity index (χ3v) is 4.90. The predicted molar refractivity (Wildman–Crippen MR) is 94.5 cm³/mol. The van der Waals surface area contributed by atoms with Crippen LogP contribution in [0.1, 0.15) is 23.4 Å². The Balaban J connectivity index is 1.62. The fraction of sp³-hybridized carbons (Fsp3) is 0.500. The standard InChI is InChI=1S/C18H24ClN3O2/c1-13-16(14(2)22(20-13)9-10-23)12-21-8-7-15(11-21)24-18-6-4-3-5-17(18)19/h3-6,15,23H,7-12H2,1-2H3. The van der Waals surface area contributed by atoms with E-state index in [1.54, 1.807) is 0 Å². The number of nitrogens with zero attached hydrogens (tertiary/aromatic N) is 3. The van der Waals surface area contributed by atoms with Crippen molar-refractivity contribution in [2.45, 2.75) is 39.5 Å². The van der Waals surface area contributed by atoms with Crippen LogP contribution in [-0.2, 0) is 13.1 Å². The van der Waals surface area contributed by atoms with Crippen molar-refractivity contribution in [3.05, 3.63) is 46.2 Å². The summed E-state index contributed by atoms with van der Waals surface area (Å²) in [6, 6.07) is 7.62. The molecule has 1 saturated heterocycles. The number of aliphatic hydroxyl groups excluding tert-OH is 1. The van der Waals surface area contributed by atoms with Gasteiger partial charge in [0.1, 0.15) is 11.9 Å². The number of hydrogen-bond acceptors (Lipinski definition) is 4. The molecule has 3 rings (SSSR count). The molecular weight excluding hydrogens is 326 g/mol. The van der Waals surface area contributed by atoms with E-state index in [2.05, 4.69) is 16.9 Å². The first-order valence-corrected chi connectivity index (χ1v) is 8.73. The quantitative estimate of drug-likeness (QED) is 0.871. The molecule has 0 saturated carbocycles. The van der Waals surface area contributed by atoms with Crippen LogP contribution in [0, 0.1) is 13.8 Å². The smallest absolute Gasteiger partial charge is 0.138 e. The molecule has 1 aromatic heterocycles. The van der Waals surface area contributed by atoms with Crippen LogP contribution in [0.15, 0.2) is 24.3 Å². The summed E-state index contributed by atoms with van der Waals surface area (Å²) in [6.45, 7) is 7.51. The van der Waals surface area contributed by atoms with Crippen LogP contribution < -0.4 is 4.74 Å². The van der Waals surface area contributed by atoms with Crippen LogP contribution in [0.25, 0.3) is 0 Å². The first-order chi connectivity index (χ1) is 11.6. The zero-order valence-electron chi connectivity index (χ0n) is 14.2. The number of aliphatic hydroxyl groups is 1. The van der Waals surface area contributed by atoms with E-state index in [1.165, 1.54) is 5.56 Å². The first kappa shape index (κ1) is 17.3. The first-order valence-electron chi connectivity index (χ1n) is 8.35. The fourth-order valence-electron chi connectivity index (χ4n) is 3.26. The van der Waals surface area contributed by atoms with E-state index in [9.17, 15) is 0 Å². The van der Waals surface area contributed by atoms with Crippen LogP contribution in [0.4, 0.5) is 0 Å². The largest absolute Gasteiger partial charge is 0.487 e. The van der Waals surface area contributed by atoms with Gasteiger partial charge in [-0.25, -0.2) is 0 Å². The normalized spacial score (nSPS) is 18.2. The summed E-state index contributed by atoms with van der Waals surface area (Å²) in [7, 11) is 0. The molecule has 0 aliphatic carbocycles. The number of rotatable bonds is 6. The molecule has 0 spiro atoms. The summed E-state index contributed by atoms with van der Waals surface area (Å²) in [5, 5.41) is 14.3. The average molecular weight is 350 g/mol. The molecule has 1 aliphatic heterocycles. The Kier molecular flexibility index (Phi) is 5.43. The third kappa shape index (κ3) is 3.74. The number of para-hydroxylation sites is 1. The second kappa shape index (κ2) is 7.55. The van der Waals surface area contributed by atoms with E-state index in [4.69, 9.17) is 21.4 Å². The molecule has 130 valence electrons. The zero-order chi connectivity index (χ0) is 17.1. The van der Waals surface area contributed by atoms with Crippen molar-refractivity contribution in [3.8, 4) is 5.75 Å². The molecule has 0 amide bonds. The highest BCUT2D eigenvalue weighted by molar-refractivity contribution is 6.32. The van der Waals surface area contributed by atoms with Gasteiger partial charge in [0.25, 0.3) is 0 Å². The SMILES string of the molecule is Cc1nn(CCO)c(C)c1CN1CCC(Oc2ccccc2Cl)C1. The van der Waals surface area contributed by atoms with Gasteiger partial charge in [-0.2, -0.15) is 5.10 Å². The van der Waals surface area contributed by atoms with Gasteiger partial charge in [-0.15, -0.1) is 0 Å². The van der Waals surface area contributed by atoms with Crippen molar-refractivity contribution < 1.29 is 9.84 Å². The van der Waals surface area contributed by atoms with Crippen LogP contribution >= 0.6 is 11.6 Å². The lowest BCUT2D eigenvalue weighted by atomic mass is 10.2. The number of ether oxygens (including phenoxy) is 1. The molecule has 2 heterocycles. The summed E-state index contributed by atoms with van der Waals surface area (Å²) in [5.74, 6) is 0.758. The van der Waals surface area contributed by atoms with Gasteiger partial charge >= 0.3 is 0 Å². The van der Waals surface area contributed by atoms with Gasteiger partial charge in [0.05, 0.1) is 23.9 Å². The van der Waals surface area contributed by atoms with E-state index in [0.29, 0.717) is 11.6 Å². The molecule has 0 radical (unpaired) electrons. The second-order valence-electron chi connectivity index (χ2n) is 6.29. The maximum Gasteiger partial charge on any atom is 0.138 e. The van der Waals surface area contributed by atoms with Crippen LogP contribution in [-0.4, -0.2) is 45.6 Å². The predicted octanol–water partition coefficient (Wildman–Crippen LogP) is 2.80. The zero-order valence-corrected chi connectivity index (χ0v) is 15.0. The molecule has 1 aliphatic rings. The van der Waals surface area contributed by atoms with Crippen molar-refractivity contribution >= 4 is 11.6 Å². The van der Waals surface area contributed by atoms with Gasteiger partial charge in [0, 0.05) is 30.9 Å². The summed E-state index contributed by atoms with van der Waals surface area (Å²) < 4.78 is 7.94. The van der Waals surface area contributed by atoms with Gasteiger partial charge < -0.3 is 9.84 Å². The Morgan fingerprint density at radius 2 is 2.12 bits per heavy atom. The molecule has 0 bridgehead atoms. The Morgan fingerprint density at radius 1 is 1.33 bits per heavy atom. The fourth-order valence-corrected chi connectivity index (χ4v) is 3.44. The van der Waals surface area contributed by atoms with Gasteiger partial charge in [-0.3, -0.25) is 9.58 Å². The summed E-state index contributed by atoms with van der Waals surface area (Å²) in [4.78, 5) is 2.39. The van der Waals surface area contributed by atoms with E-state index in [-0.39, 0.29) is 12.7 Å². The maximum absolute atomic E-state index is 9.13. The summed E-state index contributed by atoms with van der Waals surface area (Å²) in [6.07, 6.45) is 1.16. The highest BCUT2D eigenvalue weighted by atomic mass is 35.5. The second-order valence-corrected chi connectivity index (χ2v) is 6.70. The van der Waals surface area contributed by atoms with E-state index in [1.807, 2.05) is 35.9 Å². The molecule has 6 heteroatoms. The molecule has 1 fully saturated rings. The van der Waals surface area contributed by atoms with Crippen molar-refractivity contribution in [2.75, 3.05) is 19.7 Å². The minimum absolute atomic E-state index is 0.110. The van der Waals surface area contributed by atoms with Crippen LogP contribution in [0.3, 0.4) is 0 Å². The van der Waals surface area contributed by atoms with Crippen LogP contribution in [0.5, 0.6) is 5.75 Å². The minimum atomic E-state index is 0.110. The molecule has 2 aromatic rings. The van der Waals surface area contributed by atoms with E-state index in [0.717, 1.165) is 43.2 Å². The van der Waals surface area contributed by atoms with Gasteiger partial charge in [-0.1, -0.05) is 23.7 Å². The van der Waals surface area contributed by atoms with Gasteiger partial charge in [0.15, 0.2) is 0 Å². The molecular formula is C18H24ClN3O2. The lowest BCUT2D eigenvalue weighted by Crippen LogP contribution is -2.25. The van der Waals surface area contributed by atoms with Crippen molar-refractivity contribution in [2.24, 2.45) is 0 Å². The Labute approximate surface area is 147 Å². The lowest BCUT2D eigenvalue weighted by molar-refractivity contribution is 0.198. The van der Waals surface area contributed by atoms with E-state index >= 15 is 0 Å². The van der Waals surface area contributed by atoms with Crippen molar-refractivity contribution in [1.29, 1.82) is 0 Å². The highest BCUT2D eigenvalue weighted by Crippen LogP contribution is 2.27. The number of likely N-dealkylation sites (tertiary alicyclic amines) is 1. The monoisotopic (exact) mass is 349 g/mol. The summed E-state index contributed by atoms with van der Waals surface area (Å²) >= 11 is 6.17. The number of benzene rings is 1. The topological polar surface area (TPSA) is 50.5 Å². The molecule has 5 nitrogen and oxygen atoms in total.